The zero-order valence-corrected chi connectivity index (χ0v) is 15.9. The molecule has 0 aliphatic rings. The summed E-state index contributed by atoms with van der Waals surface area (Å²) in [5.74, 6) is 0.469. The molecular formula is C20H26N2O5. The molecule has 0 aliphatic heterocycles. The summed E-state index contributed by atoms with van der Waals surface area (Å²) in [7, 11) is 0. The number of non-ortho nitro benzene ring substituents is 1. The van der Waals surface area contributed by atoms with Crippen molar-refractivity contribution in [3.05, 3.63) is 51.3 Å². The molecule has 0 spiro atoms. The molecule has 0 N–H and O–H groups in total. The second-order valence-corrected chi connectivity index (χ2v) is 6.23. The molecule has 0 saturated heterocycles. The molecule has 0 saturated carbocycles. The van der Waals surface area contributed by atoms with Crippen molar-refractivity contribution in [3.63, 3.8) is 0 Å². The maximum Gasteiger partial charge on any atom is 0.297 e. The van der Waals surface area contributed by atoms with Gasteiger partial charge in [0, 0.05) is 24.1 Å². The van der Waals surface area contributed by atoms with E-state index in [4.69, 9.17) is 9.47 Å². The van der Waals surface area contributed by atoms with Gasteiger partial charge in [-0.1, -0.05) is 39.3 Å². The van der Waals surface area contributed by atoms with Crippen molar-refractivity contribution in [2.24, 2.45) is 0 Å². The van der Waals surface area contributed by atoms with Gasteiger partial charge in [-0.3, -0.25) is 14.9 Å². The van der Waals surface area contributed by atoms with E-state index in [-0.39, 0.29) is 23.6 Å². The first kappa shape index (κ1) is 20.5. The fourth-order valence-corrected chi connectivity index (χ4v) is 2.77. The van der Waals surface area contributed by atoms with Crippen molar-refractivity contribution in [1.29, 1.82) is 0 Å². The maximum atomic E-state index is 13.1. The lowest BCUT2D eigenvalue weighted by Crippen LogP contribution is -2.24. The van der Waals surface area contributed by atoms with Crippen molar-refractivity contribution in [2.45, 2.75) is 46.1 Å². The van der Waals surface area contributed by atoms with E-state index in [1.807, 2.05) is 13.8 Å². The van der Waals surface area contributed by atoms with Gasteiger partial charge in [0.1, 0.15) is 6.61 Å². The highest BCUT2D eigenvalue weighted by molar-refractivity contribution is 5.89. The second-order valence-electron chi connectivity index (χ2n) is 6.23. The molecule has 7 heteroatoms. The van der Waals surface area contributed by atoms with E-state index in [1.165, 1.54) is 16.7 Å². The molecule has 0 aliphatic carbocycles. The average molecular weight is 374 g/mol. The molecule has 0 unspecified atom stereocenters. The lowest BCUT2D eigenvalue weighted by Gasteiger charge is -2.18. The van der Waals surface area contributed by atoms with E-state index in [0.717, 1.165) is 25.7 Å². The monoisotopic (exact) mass is 374 g/mol. The van der Waals surface area contributed by atoms with Crippen LogP contribution in [0.3, 0.4) is 0 Å². The molecule has 0 fully saturated rings. The van der Waals surface area contributed by atoms with Gasteiger partial charge >= 0.3 is 0 Å². The predicted molar refractivity (Wildman–Crippen MR) is 106 cm³/mol. The molecule has 1 aromatic heterocycles. The van der Waals surface area contributed by atoms with Crippen molar-refractivity contribution >= 4 is 16.6 Å². The lowest BCUT2D eigenvalue weighted by molar-refractivity contribution is -0.384. The van der Waals surface area contributed by atoms with Gasteiger partial charge in [-0.2, -0.15) is 0 Å². The molecule has 0 atom stereocenters. The molecule has 0 radical (unpaired) electrons. The summed E-state index contributed by atoms with van der Waals surface area (Å²) >= 11 is 0. The Morgan fingerprint density at radius 2 is 1.93 bits per heavy atom. The standard InChI is InChI=1S/C20H26N2O5/c1-4-7-11-21-17-14-15(22(24)25)9-10-16(17)18(27-13-8-5-2)19(20(21)23)26-12-6-3/h6,9-10,14H,3-5,7-8,11-13H2,1-2H3. The molecule has 1 heterocycles. The average Bonchev–Trinajstić information content (AvgIpc) is 2.66. The highest BCUT2D eigenvalue weighted by Crippen LogP contribution is 2.35. The number of aromatic nitrogens is 1. The Bertz CT molecular complexity index is 873. The Morgan fingerprint density at radius 1 is 1.19 bits per heavy atom. The van der Waals surface area contributed by atoms with Crippen molar-refractivity contribution in [2.75, 3.05) is 13.2 Å². The van der Waals surface area contributed by atoms with Crippen molar-refractivity contribution in [3.8, 4) is 11.5 Å². The maximum absolute atomic E-state index is 13.1. The van der Waals surface area contributed by atoms with Crippen LogP contribution in [0.1, 0.15) is 39.5 Å². The van der Waals surface area contributed by atoms with Crippen molar-refractivity contribution < 1.29 is 14.4 Å². The summed E-state index contributed by atoms with van der Waals surface area (Å²) in [6.07, 6.45) is 4.99. The van der Waals surface area contributed by atoms with Gasteiger partial charge in [0.05, 0.1) is 17.0 Å². The lowest BCUT2D eigenvalue weighted by atomic mass is 10.1. The number of aryl methyl sites for hydroxylation is 1. The molecule has 0 amide bonds. The highest BCUT2D eigenvalue weighted by Gasteiger charge is 2.21. The third kappa shape index (κ3) is 4.67. The normalized spacial score (nSPS) is 10.7. The number of nitrogens with zero attached hydrogens (tertiary/aromatic N) is 2. The molecular weight excluding hydrogens is 348 g/mol. The number of pyridine rings is 1. The van der Waals surface area contributed by atoms with E-state index in [1.54, 1.807) is 12.1 Å². The van der Waals surface area contributed by atoms with Crippen LogP contribution in [0, 0.1) is 10.1 Å². The molecule has 2 rings (SSSR count). The predicted octanol–water partition coefficient (Wildman–Crippen LogP) is 4.45. The minimum absolute atomic E-state index is 0.0635. The zero-order chi connectivity index (χ0) is 19.8. The first-order valence-corrected chi connectivity index (χ1v) is 9.26. The summed E-state index contributed by atoms with van der Waals surface area (Å²) in [6, 6.07) is 4.47. The first-order valence-electron chi connectivity index (χ1n) is 9.26. The number of ether oxygens (including phenoxy) is 2. The number of hydrogen-bond donors (Lipinski definition) is 0. The number of hydrogen-bond acceptors (Lipinski definition) is 5. The van der Waals surface area contributed by atoms with Crippen LogP contribution in [0.5, 0.6) is 11.5 Å². The Morgan fingerprint density at radius 3 is 2.56 bits per heavy atom. The second kappa shape index (κ2) is 9.75. The van der Waals surface area contributed by atoms with Crippen LogP contribution in [-0.4, -0.2) is 22.7 Å². The fourth-order valence-electron chi connectivity index (χ4n) is 2.77. The third-order valence-corrected chi connectivity index (χ3v) is 4.20. The molecule has 27 heavy (non-hydrogen) atoms. The molecule has 7 nitrogen and oxygen atoms in total. The van der Waals surface area contributed by atoms with E-state index < -0.39 is 4.92 Å². The number of rotatable bonds is 11. The van der Waals surface area contributed by atoms with Crippen LogP contribution in [0.15, 0.2) is 35.6 Å². The van der Waals surface area contributed by atoms with Crippen LogP contribution in [0.2, 0.25) is 0 Å². The van der Waals surface area contributed by atoms with Crippen LogP contribution >= 0.6 is 0 Å². The summed E-state index contributed by atoms with van der Waals surface area (Å²) in [5.41, 5.74) is 0.0799. The number of unbranched alkanes of at least 4 members (excludes halogenated alkanes) is 2. The number of benzene rings is 1. The number of fused-ring (bicyclic) bond motifs is 1. The smallest absolute Gasteiger partial charge is 0.297 e. The van der Waals surface area contributed by atoms with E-state index >= 15 is 0 Å². The Balaban J connectivity index is 2.74. The van der Waals surface area contributed by atoms with Gasteiger partial charge in [-0.25, -0.2) is 0 Å². The van der Waals surface area contributed by atoms with Crippen molar-refractivity contribution in [1.82, 2.24) is 4.57 Å². The zero-order valence-electron chi connectivity index (χ0n) is 15.9. The van der Waals surface area contributed by atoms with Gasteiger partial charge in [0.25, 0.3) is 11.2 Å². The van der Waals surface area contributed by atoms with Crippen LogP contribution < -0.4 is 15.0 Å². The Labute approximate surface area is 158 Å². The minimum Gasteiger partial charge on any atom is -0.489 e. The van der Waals surface area contributed by atoms with Gasteiger partial charge in [0.15, 0.2) is 5.75 Å². The minimum atomic E-state index is -0.464. The number of nitro benzene ring substituents is 1. The topological polar surface area (TPSA) is 83.6 Å². The summed E-state index contributed by atoms with van der Waals surface area (Å²) in [5, 5.41) is 11.8. The fraction of sp³-hybridized carbons (Fsp3) is 0.450. The van der Waals surface area contributed by atoms with Crippen LogP contribution in [0.25, 0.3) is 10.9 Å². The first-order chi connectivity index (χ1) is 13.0. The third-order valence-electron chi connectivity index (χ3n) is 4.20. The Kier molecular flexibility index (Phi) is 7.40. The van der Waals surface area contributed by atoms with Gasteiger partial charge in [0.2, 0.25) is 5.75 Å². The SMILES string of the molecule is C=CCOc1c(OCCCC)c2ccc([N+](=O)[O-])cc2n(CCCC)c1=O. The largest absolute Gasteiger partial charge is 0.489 e. The summed E-state index contributed by atoms with van der Waals surface area (Å²) < 4.78 is 13.1. The summed E-state index contributed by atoms with van der Waals surface area (Å²) in [6.45, 7) is 8.75. The van der Waals surface area contributed by atoms with Gasteiger partial charge < -0.3 is 14.0 Å². The van der Waals surface area contributed by atoms with Gasteiger partial charge in [-0.05, 0) is 18.9 Å². The molecule has 2 aromatic rings. The Hall–Kier alpha value is -2.83. The van der Waals surface area contributed by atoms with Crippen LogP contribution in [0.4, 0.5) is 5.69 Å². The van der Waals surface area contributed by atoms with E-state index in [2.05, 4.69) is 6.58 Å². The molecule has 0 bridgehead atoms. The quantitative estimate of drug-likeness (QED) is 0.251. The molecule has 146 valence electrons. The molecule has 1 aromatic carbocycles. The number of nitro groups is 1. The summed E-state index contributed by atoms with van der Waals surface area (Å²) in [4.78, 5) is 23.8. The van der Waals surface area contributed by atoms with Crippen LogP contribution in [-0.2, 0) is 6.54 Å². The van der Waals surface area contributed by atoms with E-state index in [0.29, 0.717) is 29.8 Å². The highest BCUT2D eigenvalue weighted by atomic mass is 16.6. The van der Waals surface area contributed by atoms with Gasteiger partial charge in [-0.15, -0.1) is 0 Å². The van der Waals surface area contributed by atoms with E-state index in [9.17, 15) is 14.9 Å².